The number of amides is 1. The zero-order chi connectivity index (χ0) is 29.8. The number of carbonyl (C=O) groups excluding carboxylic acids is 1. The maximum atomic E-state index is 13.2. The molecule has 41 heavy (non-hydrogen) atoms. The molecule has 13 heteroatoms. The first-order valence-corrected chi connectivity index (χ1v) is 13.7. The maximum Gasteiger partial charge on any atom is 0.328 e. The molecule has 1 aliphatic rings. The Hall–Kier alpha value is -4.62. The fourth-order valence-corrected chi connectivity index (χ4v) is 4.90. The van der Waals surface area contributed by atoms with E-state index in [2.05, 4.69) is 20.2 Å². The number of carboxylic acid groups (broad SMARTS) is 2. The molecule has 0 bridgehead atoms. The molecule has 1 saturated heterocycles. The highest BCUT2D eigenvalue weighted by Gasteiger charge is 2.22. The fraction of sp³-hybridized carbons (Fsp3) is 0.250. The Balaban J connectivity index is 0.000000507. The highest BCUT2D eigenvalue weighted by atomic mass is 32.2. The van der Waals surface area contributed by atoms with Crippen molar-refractivity contribution in [1.29, 1.82) is 0 Å². The number of aliphatic carboxylic acids is 2. The summed E-state index contributed by atoms with van der Waals surface area (Å²) in [5.41, 5.74) is 2.50. The van der Waals surface area contributed by atoms with Gasteiger partial charge in [-0.3, -0.25) is 19.8 Å². The van der Waals surface area contributed by atoms with Gasteiger partial charge in [-0.25, -0.2) is 19.6 Å². The zero-order valence-electron chi connectivity index (χ0n) is 22.2. The zero-order valence-corrected chi connectivity index (χ0v) is 23.0. The van der Waals surface area contributed by atoms with Crippen LogP contribution in [-0.2, 0) is 9.59 Å². The third-order valence-electron chi connectivity index (χ3n) is 5.87. The summed E-state index contributed by atoms with van der Waals surface area (Å²) in [4.78, 5) is 54.8. The number of nitro groups is 1. The van der Waals surface area contributed by atoms with Gasteiger partial charge in [0.05, 0.1) is 21.9 Å². The van der Waals surface area contributed by atoms with Crippen LogP contribution in [0.4, 0.5) is 5.69 Å². The highest BCUT2D eigenvalue weighted by molar-refractivity contribution is 7.99. The topological polar surface area (TPSA) is 176 Å². The number of aryl methyl sites for hydroxylation is 1. The molecule has 0 atom stereocenters. The van der Waals surface area contributed by atoms with Gasteiger partial charge in [0.2, 0.25) is 0 Å². The molecule has 3 N–H and O–H groups in total. The molecule has 0 saturated carbocycles. The maximum absolute atomic E-state index is 13.2. The SMILES string of the molecule is Cc1nc(-c2ccccc2)nc(-c2cccc([N+](=O)[O-])c2)c1C(=O)NCCN1CCSCC1.O=C(O)C=CC(=O)O. The molecule has 3 aromatic rings. The van der Waals surface area contributed by atoms with E-state index in [1.54, 1.807) is 19.1 Å². The molecule has 0 radical (unpaired) electrons. The highest BCUT2D eigenvalue weighted by Crippen LogP contribution is 2.29. The molecule has 2 heterocycles. The van der Waals surface area contributed by atoms with Crippen LogP contribution in [0.15, 0.2) is 66.7 Å². The van der Waals surface area contributed by atoms with Crippen LogP contribution in [0.3, 0.4) is 0 Å². The monoisotopic (exact) mass is 579 g/mol. The summed E-state index contributed by atoms with van der Waals surface area (Å²) < 4.78 is 0. The lowest BCUT2D eigenvalue weighted by atomic mass is 10.0. The van der Waals surface area contributed by atoms with Crippen molar-refractivity contribution >= 4 is 35.3 Å². The van der Waals surface area contributed by atoms with Gasteiger partial charge in [0.1, 0.15) is 0 Å². The van der Waals surface area contributed by atoms with Crippen LogP contribution in [0.25, 0.3) is 22.6 Å². The first-order valence-electron chi connectivity index (χ1n) is 12.6. The van der Waals surface area contributed by atoms with Gasteiger partial charge in [0, 0.05) is 73.1 Å². The number of nitro benzene ring substituents is 1. The van der Waals surface area contributed by atoms with E-state index < -0.39 is 16.9 Å². The van der Waals surface area contributed by atoms with E-state index in [0.717, 1.165) is 36.7 Å². The number of thioether (sulfide) groups is 1. The van der Waals surface area contributed by atoms with Crippen molar-refractivity contribution in [3.63, 3.8) is 0 Å². The summed E-state index contributed by atoms with van der Waals surface area (Å²) in [6, 6.07) is 15.7. The Morgan fingerprint density at radius 2 is 1.63 bits per heavy atom. The van der Waals surface area contributed by atoms with Crippen LogP contribution in [0.5, 0.6) is 0 Å². The van der Waals surface area contributed by atoms with Crippen LogP contribution in [0.2, 0.25) is 0 Å². The van der Waals surface area contributed by atoms with Gasteiger partial charge >= 0.3 is 11.9 Å². The van der Waals surface area contributed by atoms with Gasteiger partial charge in [-0.2, -0.15) is 11.8 Å². The minimum atomic E-state index is -1.26. The Kier molecular flexibility index (Phi) is 11.5. The first-order chi connectivity index (χ1) is 19.7. The summed E-state index contributed by atoms with van der Waals surface area (Å²) >= 11 is 1.95. The lowest BCUT2D eigenvalue weighted by Gasteiger charge is -2.26. The van der Waals surface area contributed by atoms with E-state index in [4.69, 9.17) is 10.2 Å². The van der Waals surface area contributed by atoms with Crippen molar-refractivity contribution in [3.8, 4) is 22.6 Å². The third kappa shape index (κ3) is 9.51. The number of nitrogens with zero attached hydrogens (tertiary/aromatic N) is 4. The van der Waals surface area contributed by atoms with E-state index in [1.165, 1.54) is 12.1 Å². The Labute approximate surface area is 240 Å². The molecular weight excluding hydrogens is 550 g/mol. The van der Waals surface area contributed by atoms with E-state index in [-0.39, 0.29) is 11.6 Å². The quantitative estimate of drug-likeness (QED) is 0.192. The molecular formula is C28H29N5O7S. The van der Waals surface area contributed by atoms with E-state index >= 15 is 0 Å². The minimum Gasteiger partial charge on any atom is -0.478 e. The molecule has 2 aromatic carbocycles. The number of non-ortho nitro benzene ring substituents is 1. The second-order valence-corrected chi connectivity index (χ2v) is 9.97. The Morgan fingerprint density at radius 3 is 2.24 bits per heavy atom. The number of benzene rings is 2. The van der Waals surface area contributed by atoms with Gasteiger partial charge in [-0.05, 0) is 6.92 Å². The second-order valence-electron chi connectivity index (χ2n) is 8.75. The lowest BCUT2D eigenvalue weighted by Crippen LogP contribution is -2.39. The molecule has 1 aliphatic heterocycles. The number of nitrogens with one attached hydrogen (secondary N) is 1. The van der Waals surface area contributed by atoms with Gasteiger partial charge in [-0.15, -0.1) is 0 Å². The van der Waals surface area contributed by atoms with Crippen molar-refractivity contribution in [2.24, 2.45) is 0 Å². The predicted molar refractivity (Wildman–Crippen MR) is 155 cm³/mol. The summed E-state index contributed by atoms with van der Waals surface area (Å²) in [6.45, 7) is 5.10. The lowest BCUT2D eigenvalue weighted by molar-refractivity contribution is -0.384. The first kappa shape index (κ1) is 30.9. The molecule has 1 amide bonds. The van der Waals surface area contributed by atoms with Crippen LogP contribution < -0.4 is 5.32 Å². The molecule has 4 rings (SSSR count). The molecule has 0 spiro atoms. The predicted octanol–water partition coefficient (Wildman–Crippen LogP) is 3.52. The minimum absolute atomic E-state index is 0.0562. The largest absolute Gasteiger partial charge is 0.478 e. The molecule has 12 nitrogen and oxygen atoms in total. The summed E-state index contributed by atoms with van der Waals surface area (Å²) in [5.74, 6) is -0.103. The van der Waals surface area contributed by atoms with Crippen LogP contribution in [0.1, 0.15) is 16.1 Å². The van der Waals surface area contributed by atoms with Crippen molar-refractivity contribution in [3.05, 3.63) is 88.1 Å². The fourth-order valence-electron chi connectivity index (χ4n) is 3.92. The van der Waals surface area contributed by atoms with Crippen molar-refractivity contribution < 1.29 is 29.5 Å². The number of carboxylic acids is 2. The molecule has 0 unspecified atom stereocenters. The smallest absolute Gasteiger partial charge is 0.328 e. The van der Waals surface area contributed by atoms with E-state index in [1.807, 2.05) is 42.1 Å². The number of hydrogen-bond acceptors (Lipinski definition) is 9. The van der Waals surface area contributed by atoms with Crippen molar-refractivity contribution in [2.45, 2.75) is 6.92 Å². The van der Waals surface area contributed by atoms with Gasteiger partial charge < -0.3 is 15.5 Å². The van der Waals surface area contributed by atoms with E-state index in [0.29, 0.717) is 47.0 Å². The molecule has 214 valence electrons. The molecule has 1 aromatic heterocycles. The number of carbonyl (C=O) groups is 3. The number of aromatic nitrogens is 2. The normalized spacial score (nSPS) is 13.2. The van der Waals surface area contributed by atoms with Gasteiger partial charge in [0.15, 0.2) is 5.82 Å². The van der Waals surface area contributed by atoms with Gasteiger partial charge in [-0.1, -0.05) is 42.5 Å². The van der Waals surface area contributed by atoms with Crippen LogP contribution in [0, 0.1) is 17.0 Å². The van der Waals surface area contributed by atoms with Crippen molar-refractivity contribution in [1.82, 2.24) is 20.2 Å². The third-order valence-corrected chi connectivity index (χ3v) is 6.81. The Morgan fingerprint density at radius 1 is 1.00 bits per heavy atom. The average Bonchev–Trinajstić information content (AvgIpc) is 2.97. The van der Waals surface area contributed by atoms with Crippen molar-refractivity contribution in [2.75, 3.05) is 37.7 Å². The Bertz CT molecular complexity index is 1410. The second kappa shape index (κ2) is 15.2. The number of rotatable bonds is 9. The summed E-state index contributed by atoms with van der Waals surface area (Å²) in [7, 11) is 0. The average molecular weight is 580 g/mol. The van der Waals surface area contributed by atoms with Crippen LogP contribution in [-0.4, -0.2) is 85.5 Å². The summed E-state index contributed by atoms with van der Waals surface area (Å²) in [6.07, 6.45) is 1.12. The number of hydrogen-bond donors (Lipinski definition) is 3. The van der Waals surface area contributed by atoms with Crippen LogP contribution >= 0.6 is 11.8 Å². The summed E-state index contributed by atoms with van der Waals surface area (Å²) in [5, 5.41) is 30.0. The molecule has 1 fully saturated rings. The molecule has 0 aliphatic carbocycles. The van der Waals surface area contributed by atoms with Gasteiger partial charge in [0.25, 0.3) is 11.6 Å². The standard InChI is InChI=1S/C24H25N5O3S.C4H4O4/c1-17-21(24(30)25-10-11-28-12-14-33-15-13-28)22(19-8-5-9-20(16-19)29(31)32)27-23(26-17)18-6-3-2-4-7-18;5-3(6)1-2-4(7)8/h2-9,16H,10-15H2,1H3,(H,25,30);1-2H,(H,5,6)(H,7,8). The van der Waals surface area contributed by atoms with E-state index in [9.17, 15) is 24.5 Å².